The highest BCUT2D eigenvalue weighted by Gasteiger charge is 2.19. The van der Waals surface area contributed by atoms with E-state index >= 15 is 0 Å². The smallest absolute Gasteiger partial charge is 0.0468 e. The molecule has 0 aliphatic carbocycles. The van der Waals surface area contributed by atoms with Gasteiger partial charge in [0.25, 0.3) is 0 Å². The lowest BCUT2D eigenvalue weighted by Crippen LogP contribution is -2.09. The third kappa shape index (κ3) is 4.99. The van der Waals surface area contributed by atoms with Crippen LogP contribution in [0, 0.1) is 0 Å². The first kappa shape index (κ1) is 30.8. The number of benzene rings is 10. The van der Waals surface area contributed by atoms with E-state index in [9.17, 15) is 0 Å². The molecule has 0 saturated heterocycles. The van der Waals surface area contributed by atoms with Gasteiger partial charge in [-0.15, -0.1) is 11.3 Å². The summed E-state index contributed by atoms with van der Waals surface area (Å²) in [6.07, 6.45) is 0. The van der Waals surface area contributed by atoms with Crippen molar-refractivity contribution in [2.45, 2.75) is 0 Å². The van der Waals surface area contributed by atoms with Gasteiger partial charge in [-0.2, -0.15) is 0 Å². The van der Waals surface area contributed by atoms with Crippen molar-refractivity contribution >= 4 is 91.7 Å². The summed E-state index contributed by atoms with van der Waals surface area (Å²) in [5, 5.41) is 12.7. The van der Waals surface area contributed by atoms with Gasteiger partial charge < -0.3 is 4.90 Å². The van der Waals surface area contributed by atoms with Crippen LogP contribution in [0.2, 0.25) is 0 Å². The van der Waals surface area contributed by atoms with E-state index in [1.807, 2.05) is 11.3 Å². The van der Waals surface area contributed by atoms with E-state index in [2.05, 4.69) is 205 Å². The fraction of sp³-hybridized carbons (Fsp3) is 0. The minimum absolute atomic E-state index is 1.13. The van der Waals surface area contributed by atoms with Gasteiger partial charge in [0.2, 0.25) is 0 Å². The first-order valence-corrected chi connectivity index (χ1v) is 19.3. The van der Waals surface area contributed by atoms with Crippen LogP contribution in [-0.4, -0.2) is 0 Å². The van der Waals surface area contributed by atoms with Crippen LogP contribution in [-0.2, 0) is 0 Å². The third-order valence-electron chi connectivity index (χ3n) is 11.0. The maximum absolute atomic E-state index is 2.42. The standard InChI is InChI=1S/C52H33NS/c1-3-15-40(16-4-1)53(41-17-5-2-6-18-41)42-27-25-36-29-38(24-23-37(36)30-42)51-44-20-9-10-21-45(44)52(48-32-35-14-8-7-13-34(35)31-47(48)51)39-26-28-50-46(33-39)43-19-11-12-22-49(43)54-50/h1-33H. The van der Waals surface area contributed by atoms with Crippen molar-refractivity contribution in [1.82, 2.24) is 0 Å². The summed E-state index contributed by atoms with van der Waals surface area (Å²) < 4.78 is 2.66. The van der Waals surface area contributed by atoms with E-state index in [0.29, 0.717) is 0 Å². The molecule has 11 aromatic rings. The fourth-order valence-corrected chi connectivity index (χ4v) is 9.58. The lowest BCUT2D eigenvalue weighted by atomic mass is 9.84. The Bertz CT molecular complexity index is 3170. The SMILES string of the molecule is c1ccc(N(c2ccccc2)c2ccc3cc(-c4c5ccccc5c(-c5ccc6sc7ccccc7c6c5)c5cc6ccccc6cc45)ccc3c2)cc1. The first-order valence-electron chi connectivity index (χ1n) is 18.5. The lowest BCUT2D eigenvalue weighted by molar-refractivity contribution is 1.29. The summed E-state index contributed by atoms with van der Waals surface area (Å²) in [6, 6.07) is 73.5. The van der Waals surface area contributed by atoms with Gasteiger partial charge in [-0.05, 0) is 138 Å². The van der Waals surface area contributed by atoms with Crippen LogP contribution in [0.25, 0.3) is 85.5 Å². The molecule has 0 spiro atoms. The Morgan fingerprint density at radius 2 is 0.759 bits per heavy atom. The molecule has 2 heteroatoms. The number of rotatable bonds is 5. The molecule has 1 heterocycles. The average Bonchev–Trinajstić information content (AvgIpc) is 3.61. The number of hydrogen-bond donors (Lipinski definition) is 0. The summed E-state index contributed by atoms with van der Waals surface area (Å²) in [6.45, 7) is 0. The molecule has 252 valence electrons. The minimum Gasteiger partial charge on any atom is -0.310 e. The van der Waals surface area contributed by atoms with Gasteiger partial charge in [0.15, 0.2) is 0 Å². The number of nitrogens with zero attached hydrogens (tertiary/aromatic N) is 1. The van der Waals surface area contributed by atoms with Crippen molar-refractivity contribution < 1.29 is 0 Å². The van der Waals surface area contributed by atoms with E-state index in [-0.39, 0.29) is 0 Å². The van der Waals surface area contributed by atoms with Gasteiger partial charge in [0.1, 0.15) is 0 Å². The largest absolute Gasteiger partial charge is 0.310 e. The molecule has 0 radical (unpaired) electrons. The van der Waals surface area contributed by atoms with Crippen LogP contribution < -0.4 is 4.90 Å². The van der Waals surface area contributed by atoms with Gasteiger partial charge in [-0.25, -0.2) is 0 Å². The maximum atomic E-state index is 2.42. The zero-order valence-electron chi connectivity index (χ0n) is 29.4. The quantitative estimate of drug-likeness (QED) is 0.161. The molecule has 1 aromatic heterocycles. The Balaban J connectivity index is 1.14. The predicted molar refractivity (Wildman–Crippen MR) is 235 cm³/mol. The molecule has 0 bridgehead atoms. The van der Waals surface area contributed by atoms with E-state index in [0.717, 1.165) is 17.1 Å². The van der Waals surface area contributed by atoms with Crippen molar-refractivity contribution in [3.63, 3.8) is 0 Å². The lowest BCUT2D eigenvalue weighted by Gasteiger charge is -2.25. The first-order chi connectivity index (χ1) is 26.8. The summed E-state index contributed by atoms with van der Waals surface area (Å²) in [7, 11) is 0. The van der Waals surface area contributed by atoms with E-state index in [1.165, 1.54) is 85.5 Å². The molecule has 1 nitrogen and oxygen atoms in total. The molecule has 0 aliphatic heterocycles. The summed E-state index contributed by atoms with van der Waals surface area (Å²) >= 11 is 1.87. The van der Waals surface area contributed by atoms with E-state index in [1.54, 1.807) is 0 Å². The fourth-order valence-electron chi connectivity index (χ4n) is 8.50. The van der Waals surface area contributed by atoms with Crippen LogP contribution in [0.15, 0.2) is 200 Å². The number of para-hydroxylation sites is 2. The van der Waals surface area contributed by atoms with Crippen LogP contribution in [0.3, 0.4) is 0 Å². The molecule has 10 aromatic carbocycles. The molecule has 0 amide bonds. The Morgan fingerprint density at radius 3 is 1.43 bits per heavy atom. The Hall–Kier alpha value is -6.74. The highest BCUT2D eigenvalue weighted by atomic mass is 32.1. The second kappa shape index (κ2) is 12.4. The highest BCUT2D eigenvalue weighted by Crippen LogP contribution is 2.47. The van der Waals surface area contributed by atoms with Gasteiger partial charge in [-0.3, -0.25) is 0 Å². The van der Waals surface area contributed by atoms with Crippen LogP contribution in [0.4, 0.5) is 17.1 Å². The minimum atomic E-state index is 1.13. The average molecular weight is 704 g/mol. The maximum Gasteiger partial charge on any atom is 0.0468 e. The Morgan fingerprint density at radius 1 is 0.278 bits per heavy atom. The monoisotopic (exact) mass is 703 g/mol. The van der Waals surface area contributed by atoms with Crippen LogP contribution >= 0.6 is 11.3 Å². The molecular formula is C52H33NS. The highest BCUT2D eigenvalue weighted by molar-refractivity contribution is 7.25. The van der Waals surface area contributed by atoms with Crippen molar-refractivity contribution in [2.75, 3.05) is 4.90 Å². The summed E-state index contributed by atoms with van der Waals surface area (Å²) in [4.78, 5) is 2.33. The third-order valence-corrected chi connectivity index (χ3v) is 12.1. The molecule has 11 rings (SSSR count). The molecule has 0 fully saturated rings. The summed E-state index contributed by atoms with van der Waals surface area (Å²) in [5.41, 5.74) is 8.45. The zero-order valence-corrected chi connectivity index (χ0v) is 30.2. The molecule has 0 unspecified atom stereocenters. The van der Waals surface area contributed by atoms with Gasteiger partial charge in [-0.1, -0.05) is 127 Å². The number of hydrogen-bond acceptors (Lipinski definition) is 2. The Kier molecular flexibility index (Phi) is 7.11. The van der Waals surface area contributed by atoms with Gasteiger partial charge in [0.05, 0.1) is 0 Å². The van der Waals surface area contributed by atoms with Crippen molar-refractivity contribution in [3.05, 3.63) is 200 Å². The number of thiophene rings is 1. The van der Waals surface area contributed by atoms with Crippen molar-refractivity contribution in [3.8, 4) is 22.3 Å². The van der Waals surface area contributed by atoms with Crippen LogP contribution in [0.5, 0.6) is 0 Å². The van der Waals surface area contributed by atoms with Crippen molar-refractivity contribution in [1.29, 1.82) is 0 Å². The number of fused-ring (bicyclic) bond motifs is 7. The van der Waals surface area contributed by atoms with Gasteiger partial charge in [0, 0.05) is 37.2 Å². The number of anilines is 3. The van der Waals surface area contributed by atoms with E-state index < -0.39 is 0 Å². The molecular weight excluding hydrogens is 671 g/mol. The van der Waals surface area contributed by atoms with Gasteiger partial charge >= 0.3 is 0 Å². The molecule has 0 atom stereocenters. The zero-order chi connectivity index (χ0) is 35.6. The second-order valence-electron chi connectivity index (χ2n) is 14.1. The molecule has 0 aliphatic rings. The Labute approximate surface area is 317 Å². The molecule has 0 N–H and O–H groups in total. The van der Waals surface area contributed by atoms with E-state index in [4.69, 9.17) is 0 Å². The predicted octanol–water partition coefficient (Wildman–Crippen LogP) is 15.5. The summed E-state index contributed by atoms with van der Waals surface area (Å²) in [5.74, 6) is 0. The van der Waals surface area contributed by atoms with Crippen LogP contribution in [0.1, 0.15) is 0 Å². The molecule has 54 heavy (non-hydrogen) atoms. The second-order valence-corrected chi connectivity index (χ2v) is 15.2. The topological polar surface area (TPSA) is 3.24 Å². The van der Waals surface area contributed by atoms with Crippen molar-refractivity contribution in [2.24, 2.45) is 0 Å². The molecule has 0 saturated carbocycles. The normalized spacial score (nSPS) is 11.7.